The third-order valence-corrected chi connectivity index (χ3v) is 5.53. The highest BCUT2D eigenvalue weighted by Crippen LogP contribution is 2.23. The van der Waals surface area contributed by atoms with Crippen LogP contribution in [0.3, 0.4) is 0 Å². The van der Waals surface area contributed by atoms with E-state index in [0.29, 0.717) is 19.5 Å². The van der Waals surface area contributed by atoms with Gasteiger partial charge in [0.1, 0.15) is 0 Å². The summed E-state index contributed by atoms with van der Waals surface area (Å²) in [5, 5.41) is -0.395. The molecule has 0 aliphatic carbocycles. The van der Waals surface area contributed by atoms with Gasteiger partial charge in [-0.3, -0.25) is 0 Å². The summed E-state index contributed by atoms with van der Waals surface area (Å²) in [4.78, 5) is 0. The molecule has 2 rings (SSSR count). The lowest BCUT2D eigenvalue weighted by molar-refractivity contribution is 0.439. The van der Waals surface area contributed by atoms with E-state index in [4.69, 9.17) is 5.73 Å². The largest absolute Gasteiger partial charge is 0.329 e. The van der Waals surface area contributed by atoms with Gasteiger partial charge in [-0.15, -0.1) is 0 Å². The van der Waals surface area contributed by atoms with Crippen LogP contribution in [0, 0.1) is 6.92 Å². The van der Waals surface area contributed by atoms with Gasteiger partial charge in [0.05, 0.1) is 5.25 Å². The van der Waals surface area contributed by atoms with Crippen LogP contribution in [-0.4, -0.2) is 31.1 Å². The molecule has 1 heterocycles. The molecule has 17 heavy (non-hydrogen) atoms. The van der Waals surface area contributed by atoms with E-state index in [1.807, 2.05) is 31.2 Å². The first kappa shape index (κ1) is 12.5. The second-order valence-corrected chi connectivity index (χ2v) is 6.72. The average Bonchev–Trinajstić information content (AvgIpc) is 2.57. The second kappa shape index (κ2) is 4.76. The molecule has 0 bridgehead atoms. The van der Waals surface area contributed by atoms with Gasteiger partial charge in [0.2, 0.25) is 10.0 Å². The van der Waals surface area contributed by atoms with Crippen LogP contribution in [0.1, 0.15) is 17.5 Å². The fourth-order valence-electron chi connectivity index (χ4n) is 2.08. The molecule has 1 atom stereocenters. The van der Waals surface area contributed by atoms with E-state index in [9.17, 15) is 8.42 Å². The third-order valence-electron chi connectivity index (χ3n) is 3.22. The standard InChI is InChI=1S/C12H18N2O2S/c1-10-2-4-11(5-3-10)9-14-7-6-12(8-13)17(14,15)16/h2-5,12H,6-9,13H2,1H3. The summed E-state index contributed by atoms with van der Waals surface area (Å²) in [6.07, 6.45) is 0.644. The van der Waals surface area contributed by atoms with Crippen LogP contribution in [0.4, 0.5) is 0 Å². The van der Waals surface area contributed by atoms with Crippen LogP contribution in [0.2, 0.25) is 0 Å². The molecular formula is C12H18N2O2S. The summed E-state index contributed by atoms with van der Waals surface area (Å²) in [5.74, 6) is 0. The molecule has 0 radical (unpaired) electrons. The lowest BCUT2D eigenvalue weighted by Gasteiger charge is -2.16. The van der Waals surface area contributed by atoms with Gasteiger partial charge in [0.25, 0.3) is 0 Å². The fourth-order valence-corrected chi connectivity index (χ4v) is 3.84. The summed E-state index contributed by atoms with van der Waals surface area (Å²) in [6, 6.07) is 7.94. The molecule has 1 aromatic carbocycles. The van der Waals surface area contributed by atoms with Gasteiger partial charge in [-0.1, -0.05) is 29.8 Å². The van der Waals surface area contributed by atoms with Crippen LogP contribution in [-0.2, 0) is 16.6 Å². The molecule has 1 aliphatic rings. The molecule has 0 spiro atoms. The number of sulfonamides is 1. The summed E-state index contributed by atoms with van der Waals surface area (Å²) >= 11 is 0. The molecule has 2 N–H and O–H groups in total. The van der Waals surface area contributed by atoms with E-state index in [0.717, 1.165) is 5.56 Å². The lowest BCUT2D eigenvalue weighted by atomic mass is 10.1. The molecule has 4 nitrogen and oxygen atoms in total. The van der Waals surface area contributed by atoms with E-state index in [2.05, 4.69) is 0 Å². The normalized spacial score (nSPS) is 24.0. The zero-order valence-corrected chi connectivity index (χ0v) is 10.8. The maximum atomic E-state index is 12.0. The van der Waals surface area contributed by atoms with Gasteiger partial charge in [-0.25, -0.2) is 8.42 Å². The maximum absolute atomic E-state index is 12.0. The lowest BCUT2D eigenvalue weighted by Crippen LogP contribution is -2.32. The van der Waals surface area contributed by atoms with Crippen molar-refractivity contribution in [1.29, 1.82) is 0 Å². The minimum atomic E-state index is -3.18. The monoisotopic (exact) mass is 254 g/mol. The van der Waals surface area contributed by atoms with Crippen molar-refractivity contribution in [1.82, 2.24) is 4.31 Å². The fraction of sp³-hybridized carbons (Fsp3) is 0.500. The van der Waals surface area contributed by atoms with Crippen LogP contribution < -0.4 is 5.73 Å². The van der Waals surface area contributed by atoms with Crippen molar-refractivity contribution in [3.05, 3.63) is 35.4 Å². The van der Waals surface area contributed by atoms with Crippen molar-refractivity contribution in [2.75, 3.05) is 13.1 Å². The van der Waals surface area contributed by atoms with Gasteiger partial charge in [-0.05, 0) is 18.9 Å². The number of benzene rings is 1. The minimum Gasteiger partial charge on any atom is -0.329 e. The number of nitrogens with two attached hydrogens (primary N) is 1. The summed E-state index contributed by atoms with van der Waals surface area (Å²) in [7, 11) is -3.18. The first-order valence-electron chi connectivity index (χ1n) is 5.78. The summed E-state index contributed by atoms with van der Waals surface area (Å²) in [5.41, 5.74) is 7.68. The zero-order chi connectivity index (χ0) is 12.5. The zero-order valence-electron chi connectivity index (χ0n) is 9.96. The SMILES string of the molecule is Cc1ccc(CN2CCC(CN)S2(=O)=O)cc1. The highest BCUT2D eigenvalue weighted by atomic mass is 32.2. The molecule has 1 unspecified atom stereocenters. The van der Waals surface area contributed by atoms with Crippen molar-refractivity contribution in [3.8, 4) is 0 Å². The maximum Gasteiger partial charge on any atom is 0.218 e. The first-order valence-corrected chi connectivity index (χ1v) is 7.29. The van der Waals surface area contributed by atoms with Gasteiger partial charge >= 0.3 is 0 Å². The van der Waals surface area contributed by atoms with E-state index in [1.54, 1.807) is 0 Å². The molecule has 0 aromatic heterocycles. The van der Waals surface area contributed by atoms with Crippen molar-refractivity contribution in [2.24, 2.45) is 5.73 Å². The van der Waals surface area contributed by atoms with Crippen LogP contribution in [0.25, 0.3) is 0 Å². The predicted molar refractivity (Wildman–Crippen MR) is 68.0 cm³/mol. The number of rotatable bonds is 3. The topological polar surface area (TPSA) is 63.4 Å². The van der Waals surface area contributed by atoms with Gasteiger partial charge in [0, 0.05) is 19.6 Å². The van der Waals surface area contributed by atoms with E-state index in [-0.39, 0.29) is 6.54 Å². The molecule has 1 aliphatic heterocycles. The van der Waals surface area contributed by atoms with Crippen molar-refractivity contribution < 1.29 is 8.42 Å². The van der Waals surface area contributed by atoms with E-state index >= 15 is 0 Å². The Labute approximate surface area is 102 Å². The molecule has 1 fully saturated rings. The Morgan fingerprint density at radius 1 is 1.35 bits per heavy atom. The van der Waals surface area contributed by atoms with Crippen LogP contribution >= 0.6 is 0 Å². The summed E-state index contributed by atoms with van der Waals surface area (Å²) < 4.78 is 25.6. The molecule has 0 amide bonds. The number of hydrogen-bond acceptors (Lipinski definition) is 3. The van der Waals surface area contributed by atoms with Crippen LogP contribution in [0.15, 0.2) is 24.3 Å². The molecule has 1 saturated heterocycles. The molecule has 5 heteroatoms. The van der Waals surface area contributed by atoms with Crippen LogP contribution in [0.5, 0.6) is 0 Å². The van der Waals surface area contributed by atoms with Gasteiger partial charge < -0.3 is 5.73 Å². The molecule has 1 aromatic rings. The Morgan fingerprint density at radius 2 is 2.00 bits per heavy atom. The Bertz CT molecular complexity index is 482. The van der Waals surface area contributed by atoms with Gasteiger partial charge in [0.15, 0.2) is 0 Å². The summed E-state index contributed by atoms with van der Waals surface area (Å²) in [6.45, 7) is 3.27. The highest BCUT2D eigenvalue weighted by Gasteiger charge is 2.37. The average molecular weight is 254 g/mol. The van der Waals surface area contributed by atoms with Crippen molar-refractivity contribution in [3.63, 3.8) is 0 Å². The molecule has 0 saturated carbocycles. The minimum absolute atomic E-state index is 0.215. The first-order chi connectivity index (χ1) is 8.04. The van der Waals surface area contributed by atoms with E-state index < -0.39 is 15.3 Å². The number of hydrogen-bond donors (Lipinski definition) is 1. The number of aryl methyl sites for hydroxylation is 1. The predicted octanol–water partition coefficient (Wildman–Crippen LogP) is 0.858. The Morgan fingerprint density at radius 3 is 2.53 bits per heavy atom. The van der Waals surface area contributed by atoms with Crippen molar-refractivity contribution in [2.45, 2.75) is 25.1 Å². The van der Waals surface area contributed by atoms with E-state index in [1.165, 1.54) is 9.87 Å². The van der Waals surface area contributed by atoms with Crippen molar-refractivity contribution >= 4 is 10.0 Å². The smallest absolute Gasteiger partial charge is 0.218 e. The Kier molecular flexibility index (Phi) is 3.51. The Balaban J connectivity index is 2.13. The quantitative estimate of drug-likeness (QED) is 0.870. The van der Waals surface area contributed by atoms with Gasteiger partial charge in [-0.2, -0.15) is 4.31 Å². The Hall–Kier alpha value is -0.910. The highest BCUT2D eigenvalue weighted by molar-refractivity contribution is 7.90. The molecule has 94 valence electrons. The number of nitrogens with zero attached hydrogens (tertiary/aromatic N) is 1. The molecular weight excluding hydrogens is 236 g/mol. The second-order valence-electron chi connectivity index (χ2n) is 4.51. The third kappa shape index (κ3) is 2.51.